The lowest BCUT2D eigenvalue weighted by Gasteiger charge is -2.34. The monoisotopic (exact) mass is 1070 g/mol. The highest BCUT2D eigenvalue weighted by Gasteiger charge is 2.34. The van der Waals surface area contributed by atoms with Crippen molar-refractivity contribution in [3.63, 3.8) is 0 Å². The molecule has 4 aromatic rings. The molecule has 0 saturated carbocycles. The van der Waals surface area contributed by atoms with Crippen LogP contribution in [0.15, 0.2) is 97.1 Å². The Bertz CT molecular complexity index is 1980. The maximum Gasteiger partial charge on any atom is 0.184 e. The lowest BCUT2D eigenvalue weighted by Crippen LogP contribution is -2.30. The van der Waals surface area contributed by atoms with Crippen LogP contribution in [0.3, 0.4) is 0 Å². The van der Waals surface area contributed by atoms with Gasteiger partial charge in [0.25, 0.3) is 0 Å². The summed E-state index contributed by atoms with van der Waals surface area (Å²) in [6, 6.07) is 32.1. The second-order valence-electron chi connectivity index (χ2n) is 21.0. The molecule has 16 nitrogen and oxygen atoms in total. The molecule has 4 aromatic carbocycles. The van der Waals surface area contributed by atoms with Gasteiger partial charge < -0.3 is 79.8 Å². The summed E-state index contributed by atoms with van der Waals surface area (Å²) in [6.45, 7) is 6.69. The summed E-state index contributed by atoms with van der Waals surface area (Å²) in [5, 5.41) is 0. The van der Waals surface area contributed by atoms with E-state index in [1.165, 1.54) is 0 Å². The van der Waals surface area contributed by atoms with Gasteiger partial charge in [-0.3, -0.25) is 0 Å². The Morgan fingerprint density at radius 1 is 0.351 bits per heavy atom. The number of benzene rings is 4. The van der Waals surface area contributed by atoms with Crippen LogP contribution in [0.25, 0.3) is 0 Å². The topological polar surface area (TPSA) is 215 Å². The highest BCUT2D eigenvalue weighted by molar-refractivity contribution is 5.32. The number of rotatable bonds is 36. The van der Waals surface area contributed by atoms with E-state index < -0.39 is 25.2 Å². The van der Waals surface area contributed by atoms with Crippen molar-refractivity contribution < 1.29 is 56.8 Å². The van der Waals surface area contributed by atoms with Gasteiger partial charge >= 0.3 is 0 Å². The minimum atomic E-state index is -0.443. The summed E-state index contributed by atoms with van der Waals surface area (Å²) in [6.07, 6.45) is 12.8. The SMILES string of the molecule is NCCCCC1COC(c2cccc(OCCC(CCOc3cccc(C4OCC(CCCCN)O4)c3)(CCOc3cccc(C4OCC(CCCCN)O4)c3)CCOc3cccc(C4OCC(CCCCN)O4)c3)c2)O1. The van der Waals surface area contributed by atoms with E-state index in [1.807, 2.05) is 97.1 Å². The zero-order valence-corrected chi connectivity index (χ0v) is 45.4. The minimum Gasteiger partial charge on any atom is -0.494 e. The Labute approximate surface area is 457 Å². The predicted octanol–water partition coefficient (Wildman–Crippen LogP) is 10.0. The Morgan fingerprint density at radius 2 is 0.597 bits per heavy atom. The van der Waals surface area contributed by atoms with Crippen molar-refractivity contribution in [2.75, 3.05) is 79.0 Å². The average Bonchev–Trinajstić information content (AvgIpc) is 4.31. The van der Waals surface area contributed by atoms with E-state index in [1.54, 1.807) is 0 Å². The molecule has 0 aromatic heterocycles. The van der Waals surface area contributed by atoms with Crippen LogP contribution >= 0.6 is 0 Å². The Balaban J connectivity index is 0.977. The van der Waals surface area contributed by atoms with E-state index >= 15 is 0 Å². The second kappa shape index (κ2) is 32.0. The molecule has 4 aliphatic heterocycles. The fraction of sp³-hybridized carbons (Fsp3) is 0.607. The lowest BCUT2D eigenvalue weighted by molar-refractivity contribution is -0.0616. The molecule has 0 amide bonds. The van der Waals surface area contributed by atoms with Gasteiger partial charge in [0.05, 0.1) is 77.3 Å². The quantitative estimate of drug-likeness (QED) is 0.0312. The molecule has 4 saturated heterocycles. The lowest BCUT2D eigenvalue weighted by atomic mass is 9.76. The van der Waals surface area contributed by atoms with E-state index in [4.69, 9.17) is 79.8 Å². The molecule has 0 aliphatic carbocycles. The van der Waals surface area contributed by atoms with Gasteiger partial charge in [-0.1, -0.05) is 48.5 Å². The van der Waals surface area contributed by atoms with Crippen molar-refractivity contribution in [1.29, 1.82) is 0 Å². The number of hydrogen-bond acceptors (Lipinski definition) is 16. The number of hydrogen-bond donors (Lipinski definition) is 4. The first-order valence-corrected chi connectivity index (χ1v) is 28.7. The molecule has 0 spiro atoms. The van der Waals surface area contributed by atoms with Crippen LogP contribution in [-0.2, 0) is 37.9 Å². The zero-order valence-electron chi connectivity index (χ0n) is 45.4. The fourth-order valence-corrected chi connectivity index (χ4v) is 10.5. The molecule has 16 heteroatoms. The maximum absolute atomic E-state index is 6.65. The van der Waals surface area contributed by atoms with Crippen LogP contribution in [-0.4, -0.2) is 103 Å². The van der Waals surface area contributed by atoms with E-state index in [9.17, 15) is 0 Å². The first kappa shape index (κ1) is 58.7. The summed E-state index contributed by atoms with van der Waals surface area (Å²) in [5.41, 5.74) is 26.3. The van der Waals surface area contributed by atoms with Crippen LogP contribution in [0.1, 0.15) is 150 Å². The van der Waals surface area contributed by atoms with Gasteiger partial charge in [0.15, 0.2) is 25.2 Å². The third-order valence-electron chi connectivity index (χ3n) is 15.0. The molecule has 424 valence electrons. The predicted molar refractivity (Wildman–Crippen MR) is 295 cm³/mol. The van der Waals surface area contributed by atoms with Gasteiger partial charge in [-0.2, -0.15) is 0 Å². The van der Waals surface area contributed by atoms with Crippen molar-refractivity contribution in [3.8, 4) is 23.0 Å². The van der Waals surface area contributed by atoms with Crippen molar-refractivity contribution in [2.45, 2.75) is 152 Å². The van der Waals surface area contributed by atoms with E-state index in [0.717, 1.165) is 122 Å². The van der Waals surface area contributed by atoms with Crippen LogP contribution in [0.2, 0.25) is 0 Å². The zero-order chi connectivity index (χ0) is 53.3. The number of unbranched alkanes of at least 4 members (excludes halogenated alkanes) is 4. The van der Waals surface area contributed by atoms with Gasteiger partial charge in [-0.15, -0.1) is 0 Å². The highest BCUT2D eigenvalue weighted by Crippen LogP contribution is 2.39. The summed E-state index contributed by atoms with van der Waals surface area (Å²) >= 11 is 0. The number of nitrogens with two attached hydrogens (primary N) is 4. The standard InChI is InChI=1S/C61H88N4O12/c62-29-5-1-17-53-41-70-57(74-53)45-13-9-21-49(37-45)66-33-25-61(26-34-67-50-22-10-14-46(38-50)58-71-42-54(75-58)18-2-6-30-63,27-35-68-51-23-11-15-47(39-51)59-72-43-55(76-59)19-3-7-31-64)28-36-69-52-24-12-16-48(40-52)60-73-44-56(77-60)20-4-8-32-65/h9-16,21-24,37-40,53-60H,1-8,17-20,25-36,41-44,62-65H2. The van der Waals surface area contributed by atoms with Crippen molar-refractivity contribution in [1.82, 2.24) is 0 Å². The maximum atomic E-state index is 6.65. The van der Waals surface area contributed by atoms with E-state index in [2.05, 4.69) is 0 Å². The van der Waals surface area contributed by atoms with Gasteiger partial charge in [0, 0.05) is 22.3 Å². The largest absolute Gasteiger partial charge is 0.494 e. The van der Waals surface area contributed by atoms with E-state index in [-0.39, 0.29) is 29.8 Å². The molecular weight excluding hydrogens is 981 g/mol. The third-order valence-corrected chi connectivity index (χ3v) is 15.0. The molecule has 8 atom stereocenters. The smallest absolute Gasteiger partial charge is 0.184 e. The minimum absolute atomic E-state index is 0.0470. The molecule has 0 radical (unpaired) electrons. The molecule has 8 unspecified atom stereocenters. The van der Waals surface area contributed by atoms with Crippen LogP contribution in [0.4, 0.5) is 0 Å². The fourth-order valence-electron chi connectivity index (χ4n) is 10.5. The summed E-state index contributed by atoms with van der Waals surface area (Å²) in [4.78, 5) is 0. The Morgan fingerprint density at radius 3 is 0.831 bits per heavy atom. The highest BCUT2D eigenvalue weighted by atomic mass is 16.7. The average molecular weight is 1070 g/mol. The summed E-state index contributed by atoms with van der Waals surface area (Å²) in [5.74, 6) is 2.99. The van der Waals surface area contributed by atoms with Crippen molar-refractivity contribution >= 4 is 0 Å². The molecule has 8 N–H and O–H groups in total. The Hall–Kier alpha value is -4.40. The molecular formula is C61H88N4O12. The normalized spacial score (nSPS) is 24.1. The molecule has 4 heterocycles. The molecule has 4 aliphatic rings. The van der Waals surface area contributed by atoms with Crippen molar-refractivity contribution in [2.24, 2.45) is 28.3 Å². The molecule has 8 rings (SSSR count). The van der Waals surface area contributed by atoms with Gasteiger partial charge in [-0.25, -0.2) is 0 Å². The van der Waals surface area contributed by atoms with Crippen LogP contribution in [0.5, 0.6) is 23.0 Å². The molecule has 77 heavy (non-hydrogen) atoms. The van der Waals surface area contributed by atoms with Gasteiger partial charge in [0.1, 0.15) is 23.0 Å². The van der Waals surface area contributed by atoms with Crippen LogP contribution in [0, 0.1) is 5.41 Å². The number of ether oxygens (including phenoxy) is 12. The van der Waals surface area contributed by atoms with Gasteiger partial charge in [-0.05, 0) is 183 Å². The molecule has 4 fully saturated rings. The first-order chi connectivity index (χ1) is 37.9. The first-order valence-electron chi connectivity index (χ1n) is 28.7. The van der Waals surface area contributed by atoms with Crippen molar-refractivity contribution in [3.05, 3.63) is 119 Å². The van der Waals surface area contributed by atoms with Crippen LogP contribution < -0.4 is 41.9 Å². The van der Waals surface area contributed by atoms with E-state index in [0.29, 0.717) is 105 Å². The summed E-state index contributed by atoms with van der Waals surface area (Å²) < 4.78 is 76.3. The van der Waals surface area contributed by atoms with Gasteiger partial charge in [0.2, 0.25) is 0 Å². The molecule has 0 bridgehead atoms. The third kappa shape index (κ3) is 18.9. The summed E-state index contributed by atoms with van der Waals surface area (Å²) in [7, 11) is 0. The Kier molecular flexibility index (Phi) is 24.4. The second-order valence-corrected chi connectivity index (χ2v) is 21.0.